The van der Waals surface area contributed by atoms with E-state index in [9.17, 15) is 4.79 Å². The van der Waals surface area contributed by atoms with Crippen LogP contribution in [0, 0.1) is 0 Å². The molecule has 0 saturated heterocycles. The molecule has 8 heteroatoms. The summed E-state index contributed by atoms with van der Waals surface area (Å²) in [4.78, 5) is 23.9. The minimum absolute atomic E-state index is 0.112. The van der Waals surface area contributed by atoms with Crippen LogP contribution < -0.4 is 14.8 Å². The van der Waals surface area contributed by atoms with E-state index in [4.69, 9.17) is 21.1 Å². The Hall–Kier alpha value is -2.41. The molecule has 7 nitrogen and oxygen atoms in total. The van der Waals surface area contributed by atoms with E-state index in [-0.39, 0.29) is 24.5 Å². The molecule has 1 N–H and O–H groups in total. The molecule has 0 aliphatic heterocycles. The third-order valence-corrected chi connectivity index (χ3v) is 2.73. The first-order valence-electron chi connectivity index (χ1n) is 5.99. The van der Waals surface area contributed by atoms with Gasteiger partial charge in [-0.05, 0) is 18.2 Å². The highest BCUT2D eigenvalue weighted by atomic mass is 35.5. The molecule has 0 radical (unpaired) electrons. The number of aromatic nitrogens is 3. The first kappa shape index (κ1) is 15.0. The van der Waals surface area contributed by atoms with Gasteiger partial charge in [-0.3, -0.25) is 4.79 Å². The van der Waals surface area contributed by atoms with Gasteiger partial charge in [0.05, 0.1) is 20.8 Å². The third-order valence-electron chi connectivity index (χ3n) is 2.50. The van der Waals surface area contributed by atoms with Gasteiger partial charge in [0.1, 0.15) is 0 Å². The number of hydrogen-bond acceptors (Lipinski definition) is 6. The number of halogens is 1. The number of nitrogens with one attached hydrogen (secondary N) is 1. The Labute approximate surface area is 126 Å². The molecule has 0 saturated carbocycles. The quantitative estimate of drug-likeness (QED) is 0.900. The van der Waals surface area contributed by atoms with Gasteiger partial charge in [-0.15, -0.1) is 4.98 Å². The minimum atomic E-state index is -0.282. The van der Waals surface area contributed by atoms with Crippen LogP contribution in [0.4, 0.5) is 0 Å². The first-order valence-corrected chi connectivity index (χ1v) is 6.37. The first-order chi connectivity index (χ1) is 10.1. The molecule has 1 aromatic carbocycles. The molecule has 1 heterocycles. The number of nitrogens with zero attached hydrogens (tertiary/aromatic N) is 3. The van der Waals surface area contributed by atoms with Gasteiger partial charge in [0, 0.05) is 10.6 Å². The van der Waals surface area contributed by atoms with Crippen LogP contribution in [0.1, 0.15) is 16.2 Å². The van der Waals surface area contributed by atoms with Gasteiger partial charge >= 0.3 is 12.0 Å². The van der Waals surface area contributed by atoms with E-state index in [2.05, 4.69) is 20.3 Å². The van der Waals surface area contributed by atoms with Gasteiger partial charge < -0.3 is 14.8 Å². The summed E-state index contributed by atoms with van der Waals surface area (Å²) in [7, 11) is 2.87. The minimum Gasteiger partial charge on any atom is -0.467 e. The SMILES string of the molecule is COc1nc(CNC(=O)c2cccc(Cl)c2)nc(OC)n1. The van der Waals surface area contributed by atoms with Crippen molar-refractivity contribution in [3.05, 3.63) is 40.7 Å². The van der Waals surface area contributed by atoms with Crippen molar-refractivity contribution < 1.29 is 14.3 Å². The summed E-state index contributed by atoms with van der Waals surface area (Å²) in [6.45, 7) is 0.112. The third kappa shape index (κ3) is 4.03. The van der Waals surface area contributed by atoms with E-state index in [1.807, 2.05) is 0 Å². The molecule has 1 aromatic heterocycles. The van der Waals surface area contributed by atoms with Crippen LogP contribution in [0.25, 0.3) is 0 Å². The fourth-order valence-electron chi connectivity index (χ4n) is 1.53. The summed E-state index contributed by atoms with van der Waals surface area (Å²) in [5.41, 5.74) is 0.454. The second-order valence-electron chi connectivity index (χ2n) is 3.92. The molecule has 0 atom stereocenters. The van der Waals surface area contributed by atoms with E-state index < -0.39 is 0 Å². The lowest BCUT2D eigenvalue weighted by Crippen LogP contribution is -2.24. The maximum absolute atomic E-state index is 12.0. The molecule has 110 valence electrons. The number of carbonyl (C=O) groups is 1. The predicted octanol–water partition coefficient (Wildman–Crippen LogP) is 1.47. The largest absolute Gasteiger partial charge is 0.467 e. The molecule has 21 heavy (non-hydrogen) atoms. The van der Waals surface area contributed by atoms with Gasteiger partial charge in [-0.1, -0.05) is 17.7 Å². The van der Waals surface area contributed by atoms with Crippen molar-refractivity contribution in [2.24, 2.45) is 0 Å². The summed E-state index contributed by atoms with van der Waals surface area (Å²) in [5.74, 6) is 0.0462. The zero-order chi connectivity index (χ0) is 15.2. The molecular formula is C13H13ClN4O3. The van der Waals surface area contributed by atoms with Crippen molar-refractivity contribution in [2.75, 3.05) is 14.2 Å². The molecule has 0 aliphatic rings. The van der Waals surface area contributed by atoms with Gasteiger partial charge in [0.15, 0.2) is 5.82 Å². The van der Waals surface area contributed by atoms with E-state index in [0.29, 0.717) is 16.4 Å². The number of benzene rings is 1. The lowest BCUT2D eigenvalue weighted by atomic mass is 10.2. The zero-order valence-electron chi connectivity index (χ0n) is 11.5. The summed E-state index contributed by atoms with van der Waals surface area (Å²) in [5, 5.41) is 3.18. The molecule has 0 bridgehead atoms. The van der Waals surface area contributed by atoms with Crippen molar-refractivity contribution in [3.8, 4) is 12.0 Å². The maximum Gasteiger partial charge on any atom is 0.322 e. The highest BCUT2D eigenvalue weighted by Gasteiger charge is 2.10. The second-order valence-corrected chi connectivity index (χ2v) is 4.35. The van der Waals surface area contributed by atoms with Crippen LogP contribution in [0.3, 0.4) is 0 Å². The van der Waals surface area contributed by atoms with E-state index in [1.54, 1.807) is 24.3 Å². The normalized spacial score (nSPS) is 10.0. The topological polar surface area (TPSA) is 86.2 Å². The number of rotatable bonds is 5. The molecule has 1 amide bonds. The number of hydrogen-bond donors (Lipinski definition) is 1. The maximum atomic E-state index is 12.0. The fraction of sp³-hybridized carbons (Fsp3) is 0.231. The molecule has 0 spiro atoms. The fourth-order valence-corrected chi connectivity index (χ4v) is 1.72. The van der Waals surface area contributed by atoms with E-state index in [0.717, 1.165) is 0 Å². The Balaban J connectivity index is 2.07. The average molecular weight is 309 g/mol. The molecule has 0 unspecified atom stereocenters. The number of methoxy groups -OCH3 is 2. The lowest BCUT2D eigenvalue weighted by molar-refractivity contribution is 0.0949. The molecule has 0 aliphatic carbocycles. The second kappa shape index (κ2) is 6.85. The average Bonchev–Trinajstić information content (AvgIpc) is 2.52. The highest BCUT2D eigenvalue weighted by molar-refractivity contribution is 6.30. The lowest BCUT2D eigenvalue weighted by Gasteiger charge is -2.07. The monoisotopic (exact) mass is 308 g/mol. The van der Waals surface area contributed by atoms with E-state index >= 15 is 0 Å². The van der Waals surface area contributed by atoms with Crippen molar-refractivity contribution in [2.45, 2.75) is 6.54 Å². The van der Waals surface area contributed by atoms with Crippen molar-refractivity contribution in [3.63, 3.8) is 0 Å². The Morgan fingerprint density at radius 3 is 2.43 bits per heavy atom. The van der Waals surface area contributed by atoms with Crippen LogP contribution in [-0.4, -0.2) is 35.1 Å². The predicted molar refractivity (Wildman–Crippen MR) is 75.6 cm³/mol. The zero-order valence-corrected chi connectivity index (χ0v) is 12.2. The van der Waals surface area contributed by atoms with Crippen molar-refractivity contribution in [1.82, 2.24) is 20.3 Å². The van der Waals surface area contributed by atoms with Gasteiger partial charge in [0.2, 0.25) is 0 Å². The Morgan fingerprint density at radius 2 is 1.86 bits per heavy atom. The van der Waals surface area contributed by atoms with Crippen LogP contribution in [0.15, 0.2) is 24.3 Å². The summed E-state index contributed by atoms with van der Waals surface area (Å²) in [6.07, 6.45) is 0. The van der Waals surface area contributed by atoms with Crippen molar-refractivity contribution in [1.29, 1.82) is 0 Å². The molecule has 0 fully saturated rings. The Kier molecular flexibility index (Phi) is 4.89. The number of amides is 1. The number of ether oxygens (including phenoxy) is 2. The Morgan fingerprint density at radius 1 is 1.19 bits per heavy atom. The standard InChI is InChI=1S/C13H13ClN4O3/c1-20-12-16-10(17-13(18-12)21-2)7-15-11(19)8-4-3-5-9(14)6-8/h3-6H,7H2,1-2H3,(H,15,19). The van der Waals surface area contributed by atoms with E-state index in [1.165, 1.54) is 14.2 Å². The molecule has 2 aromatic rings. The van der Waals surface area contributed by atoms with Crippen molar-refractivity contribution >= 4 is 17.5 Å². The summed E-state index contributed by atoms with van der Waals surface area (Å²) < 4.78 is 9.86. The van der Waals surface area contributed by atoms with Gasteiger partial charge in [0.25, 0.3) is 5.91 Å². The molecular weight excluding hydrogens is 296 g/mol. The van der Waals surface area contributed by atoms with Crippen LogP contribution in [-0.2, 0) is 6.54 Å². The summed E-state index contributed by atoms with van der Waals surface area (Å²) in [6, 6.07) is 6.87. The van der Waals surface area contributed by atoms with Gasteiger partial charge in [-0.25, -0.2) is 0 Å². The smallest absolute Gasteiger partial charge is 0.322 e. The molecule has 2 rings (SSSR count). The summed E-state index contributed by atoms with van der Waals surface area (Å²) >= 11 is 5.84. The van der Waals surface area contributed by atoms with Crippen LogP contribution in [0.2, 0.25) is 5.02 Å². The van der Waals surface area contributed by atoms with Crippen LogP contribution in [0.5, 0.6) is 12.0 Å². The highest BCUT2D eigenvalue weighted by Crippen LogP contribution is 2.11. The van der Waals surface area contributed by atoms with Gasteiger partial charge in [-0.2, -0.15) is 9.97 Å². The van der Waals surface area contributed by atoms with Crippen LogP contribution >= 0.6 is 11.6 Å². The number of carbonyl (C=O) groups excluding carboxylic acids is 1. The Bertz CT molecular complexity index is 629.